The molecule has 0 amide bonds. The van der Waals surface area contributed by atoms with Gasteiger partial charge in [-0.3, -0.25) is 0 Å². The van der Waals surface area contributed by atoms with Crippen molar-refractivity contribution in [2.45, 2.75) is 74.8 Å². The fourth-order valence-electron chi connectivity index (χ4n) is 17.1. The van der Waals surface area contributed by atoms with E-state index in [0.717, 1.165) is 28.6 Å². The summed E-state index contributed by atoms with van der Waals surface area (Å²) in [5.74, 6) is 1.76. The van der Waals surface area contributed by atoms with Gasteiger partial charge in [0.05, 0.1) is 0 Å². The van der Waals surface area contributed by atoms with Crippen LogP contribution in [0, 0.1) is 14.9 Å². The van der Waals surface area contributed by atoms with Crippen molar-refractivity contribution in [1.29, 1.82) is 0 Å². The van der Waals surface area contributed by atoms with Gasteiger partial charge in [-0.15, -0.1) is 101 Å². The van der Waals surface area contributed by atoms with Gasteiger partial charge in [0.15, 0.2) is 0 Å². The van der Waals surface area contributed by atoms with Crippen molar-refractivity contribution in [3.63, 3.8) is 0 Å². The molecule has 6 unspecified atom stereocenters. The van der Waals surface area contributed by atoms with Crippen LogP contribution >= 0.6 is 0 Å². The Balaban J connectivity index is 0.000000173. The zero-order chi connectivity index (χ0) is 69.2. The maximum absolute atomic E-state index is 2.41. The summed E-state index contributed by atoms with van der Waals surface area (Å²) in [7, 11) is 3.25. The fraction of sp³-hybridized carbons (Fsp3) is 0.119. The molecule has 0 spiro atoms. The number of benzene rings is 12. The van der Waals surface area contributed by atoms with Crippen molar-refractivity contribution >= 4 is 130 Å². The molecule has 0 nitrogen and oxygen atoms in total. The number of rotatable bonds is 6. The molecular weight excluding hydrogens is 1640 g/mol. The van der Waals surface area contributed by atoms with Gasteiger partial charge < -0.3 is 39.7 Å². The Bertz CT molecular complexity index is 5290. The summed E-state index contributed by atoms with van der Waals surface area (Å²) >= 11 is 0. The largest absolute Gasteiger partial charge is 3.00 e. The first-order valence-electron chi connectivity index (χ1n) is 36.1. The van der Waals surface area contributed by atoms with Gasteiger partial charge in [-0.1, -0.05) is 382 Å². The summed E-state index contributed by atoms with van der Waals surface area (Å²) in [5, 5.41) is 16.3. The van der Waals surface area contributed by atoms with E-state index in [-0.39, 0.29) is 136 Å². The summed E-state index contributed by atoms with van der Waals surface area (Å²) in [6.07, 6.45) is 28.1. The van der Waals surface area contributed by atoms with E-state index in [0.29, 0.717) is 17.8 Å². The summed E-state index contributed by atoms with van der Waals surface area (Å²) in [6, 6.07) is 101. The van der Waals surface area contributed by atoms with E-state index >= 15 is 0 Å². The van der Waals surface area contributed by atoms with Crippen LogP contribution in [0.5, 0.6) is 0 Å². The van der Waals surface area contributed by atoms with Gasteiger partial charge in [-0.2, -0.15) is 0 Å². The second kappa shape index (κ2) is 38.7. The maximum Gasteiger partial charge on any atom is 3.00 e. The normalized spacial score (nSPS) is 16.5. The van der Waals surface area contributed by atoms with Crippen LogP contribution in [-0.4, -0.2) is 28.6 Å². The third-order valence-corrected chi connectivity index (χ3v) is 21.3. The van der Waals surface area contributed by atoms with Gasteiger partial charge in [0.2, 0.25) is 0 Å². The minimum absolute atomic E-state index is 0. The molecule has 109 heavy (non-hydrogen) atoms. The summed E-state index contributed by atoms with van der Waals surface area (Å²) in [6.45, 7) is 12.9. The van der Waals surface area contributed by atoms with Crippen molar-refractivity contribution in [3.8, 4) is 0 Å². The molecule has 6 aliphatic rings. The quantitative estimate of drug-likeness (QED) is 0.115. The average Bonchev–Trinajstić information content (AvgIpc) is 1.61. The van der Waals surface area contributed by atoms with Crippen molar-refractivity contribution < 1.29 is 103 Å². The minimum atomic E-state index is 0. The molecule has 21 rings (SSSR count). The average molecular weight is 1730 g/mol. The first kappa shape index (κ1) is 85.6. The van der Waals surface area contributed by atoms with E-state index in [2.05, 4.69) is 385 Å². The van der Waals surface area contributed by atoms with E-state index in [1.807, 2.05) is 0 Å². The van der Waals surface area contributed by atoms with Crippen molar-refractivity contribution in [2.24, 2.45) is 0 Å². The summed E-state index contributed by atoms with van der Waals surface area (Å²) in [4.78, 5) is 0. The van der Waals surface area contributed by atoms with E-state index in [4.69, 9.17) is 0 Å². The molecule has 6 aliphatic carbocycles. The van der Waals surface area contributed by atoms with Crippen molar-refractivity contribution in [3.05, 3.63) is 424 Å². The Hall–Kier alpha value is -7.43. The Kier molecular flexibility index (Phi) is 30.4. The zero-order valence-corrected chi connectivity index (χ0v) is 75.0. The predicted octanol–water partition coefficient (Wildman–Crippen LogP) is 21.3. The van der Waals surface area contributed by atoms with E-state index in [1.54, 1.807) is 0 Å². The smallest absolute Gasteiger partial charge is 1.00 e. The molecule has 0 N–H and O–H groups in total. The zero-order valence-electron chi connectivity index (χ0n) is 63.1. The van der Waals surface area contributed by atoms with Crippen LogP contribution in [0.15, 0.2) is 309 Å². The molecule has 527 valence electrons. The molecule has 15 aromatic carbocycles. The van der Waals surface area contributed by atoms with Crippen molar-refractivity contribution in [2.75, 3.05) is 0 Å². The standard InChI is InChI=1S/3C31H21.3C2H6Si.2CH3.2ClH.3Zr/c3*1-4-10-23-20(7-1)13-15-26(23)29-18-17-27-25-12-6-3-9-22(25)19-30(27)31(29)28-16-14-21-8-2-5-11-24(21)28;3*1-3-2;;;;;;;/h3*1-19,26,28H;3*1-2H3;2*1H3;2*1H;;;/q3*-1;;;;2*-1;;;3*+3/p-2. The number of halogens is 2. The molecule has 15 aromatic rings. The molecule has 8 heteroatoms. The predicted molar refractivity (Wildman–Crippen MR) is 460 cm³/mol. The summed E-state index contributed by atoms with van der Waals surface area (Å²) < 4.78 is 0. The monoisotopic (exact) mass is 1720 g/mol. The summed E-state index contributed by atoms with van der Waals surface area (Å²) in [5.41, 5.74) is 25.2. The first-order chi connectivity index (χ1) is 50.4. The SMILES string of the molecule is C1=CC(c2ccc3c([cH-]c4ccccc43)c2C2C=Cc3ccccc32)c2ccccc21.C1=CC(c2ccc3c([cH-]c4ccccc43)c2C2C=Cc3ccccc32)c2ccccc21.C1=CC(c2ccc3c([cH-]c4ccccc43)c2C2C=Cc3ccccc32)c2ccccc21.C[Si]C.C[Si]C.C[Si]C.[CH3-].[CH3-].[Cl-].[Cl-].[Zr+3].[Zr+3].[Zr+3]. The molecule has 0 saturated carbocycles. The van der Waals surface area contributed by atoms with Crippen LogP contribution in [-0.2, 0) is 78.6 Å². The third kappa shape index (κ3) is 16.3. The molecule has 6 atom stereocenters. The van der Waals surface area contributed by atoms with Gasteiger partial charge in [0.25, 0.3) is 0 Å². The number of hydrogen-bond donors (Lipinski definition) is 0. The molecule has 0 bridgehead atoms. The van der Waals surface area contributed by atoms with E-state index < -0.39 is 0 Å². The van der Waals surface area contributed by atoms with Crippen LogP contribution < -0.4 is 24.8 Å². The molecule has 0 aliphatic heterocycles. The van der Waals surface area contributed by atoms with Gasteiger partial charge in [-0.05, 0) is 66.8 Å². The van der Waals surface area contributed by atoms with Gasteiger partial charge in [0, 0.05) is 64.1 Å². The molecule has 0 fully saturated rings. The van der Waals surface area contributed by atoms with E-state index in [9.17, 15) is 0 Å². The van der Waals surface area contributed by atoms with Crippen LogP contribution in [0.4, 0.5) is 0 Å². The minimum Gasteiger partial charge on any atom is -1.00 e. The number of hydrogen-bond acceptors (Lipinski definition) is 0. The van der Waals surface area contributed by atoms with Crippen LogP contribution in [0.2, 0.25) is 39.3 Å². The Morgan fingerprint density at radius 2 is 0.394 bits per heavy atom. The van der Waals surface area contributed by atoms with Crippen LogP contribution in [0.1, 0.15) is 136 Å². The van der Waals surface area contributed by atoms with Gasteiger partial charge in [0.1, 0.15) is 0 Å². The Morgan fingerprint density at radius 3 is 0.624 bits per heavy atom. The molecule has 0 aromatic heterocycles. The second-order valence-electron chi connectivity index (χ2n) is 27.6. The fourth-order valence-corrected chi connectivity index (χ4v) is 17.1. The molecule has 9 radical (unpaired) electrons. The van der Waals surface area contributed by atoms with Gasteiger partial charge in [-0.25, -0.2) is 0 Å². The number of fused-ring (bicyclic) bond motifs is 15. The Labute approximate surface area is 724 Å². The topological polar surface area (TPSA) is 0 Å². The third-order valence-electron chi connectivity index (χ3n) is 21.3. The first-order valence-corrected chi connectivity index (χ1v) is 42.1. The van der Waals surface area contributed by atoms with E-state index in [1.165, 1.54) is 165 Å². The molecular formula is C101H87Cl2Si3Zr3+2. The van der Waals surface area contributed by atoms with Crippen molar-refractivity contribution in [1.82, 2.24) is 0 Å². The maximum atomic E-state index is 2.41. The van der Waals surface area contributed by atoms with Crippen LogP contribution in [0.3, 0.4) is 0 Å². The molecule has 0 heterocycles. The number of allylic oxidation sites excluding steroid dienone is 6. The Morgan fingerprint density at radius 1 is 0.211 bits per heavy atom. The molecule has 0 saturated heterocycles. The second-order valence-corrected chi connectivity index (χ2v) is 30.6. The van der Waals surface area contributed by atoms with Gasteiger partial charge >= 0.3 is 78.6 Å². The van der Waals surface area contributed by atoms with Crippen LogP contribution in [0.25, 0.3) is 101 Å².